The van der Waals surface area contributed by atoms with Gasteiger partial charge >= 0.3 is 6.18 Å². The molecule has 1 aliphatic carbocycles. The zero-order valence-electron chi connectivity index (χ0n) is 11.1. The van der Waals surface area contributed by atoms with Crippen molar-refractivity contribution in [2.45, 2.75) is 37.9 Å². The summed E-state index contributed by atoms with van der Waals surface area (Å²) in [6, 6.07) is 1.16. The molecule has 0 aliphatic heterocycles. The molecule has 1 heterocycles. The molecular formula is C13H15ClF3N3O. The van der Waals surface area contributed by atoms with Gasteiger partial charge in [0.15, 0.2) is 0 Å². The van der Waals surface area contributed by atoms with Gasteiger partial charge < -0.3 is 10.6 Å². The van der Waals surface area contributed by atoms with Crippen molar-refractivity contribution in [1.29, 1.82) is 0 Å². The number of halogens is 4. The fraction of sp³-hybridized carbons (Fsp3) is 0.538. The molecular weight excluding hydrogens is 307 g/mol. The van der Waals surface area contributed by atoms with Gasteiger partial charge in [-0.25, -0.2) is 4.98 Å². The quantitative estimate of drug-likeness (QED) is 0.791. The predicted octanol–water partition coefficient (Wildman–Crippen LogP) is 3.22. The number of amides is 1. The van der Waals surface area contributed by atoms with Gasteiger partial charge in [-0.05, 0) is 25.3 Å². The minimum Gasteiger partial charge on any atom is -0.369 e. The number of rotatable bonds is 6. The lowest BCUT2D eigenvalue weighted by Gasteiger charge is -2.10. The van der Waals surface area contributed by atoms with Crippen LogP contribution in [0.3, 0.4) is 0 Å². The Balaban J connectivity index is 1.76. The molecule has 0 aromatic carbocycles. The van der Waals surface area contributed by atoms with Crippen LogP contribution < -0.4 is 10.6 Å². The summed E-state index contributed by atoms with van der Waals surface area (Å²) in [5, 5.41) is 5.59. The fourth-order valence-corrected chi connectivity index (χ4v) is 1.94. The van der Waals surface area contributed by atoms with Crippen LogP contribution in [0.1, 0.15) is 31.2 Å². The number of alkyl halides is 3. The van der Waals surface area contributed by atoms with E-state index in [1.165, 1.54) is 0 Å². The van der Waals surface area contributed by atoms with E-state index >= 15 is 0 Å². The van der Waals surface area contributed by atoms with E-state index in [2.05, 4.69) is 15.6 Å². The van der Waals surface area contributed by atoms with E-state index in [-0.39, 0.29) is 16.7 Å². The Morgan fingerprint density at radius 2 is 2.14 bits per heavy atom. The smallest absolute Gasteiger partial charge is 0.369 e. The topological polar surface area (TPSA) is 54.0 Å². The first-order valence-electron chi connectivity index (χ1n) is 6.62. The van der Waals surface area contributed by atoms with Gasteiger partial charge in [-0.15, -0.1) is 0 Å². The lowest BCUT2D eigenvalue weighted by atomic mass is 10.2. The third-order valence-electron chi connectivity index (χ3n) is 2.98. The van der Waals surface area contributed by atoms with Crippen LogP contribution >= 0.6 is 11.6 Å². The molecule has 1 fully saturated rings. The van der Waals surface area contributed by atoms with Crippen molar-refractivity contribution in [1.82, 2.24) is 10.3 Å². The standard InChI is InChI=1S/C13H15ClF3N3O/c14-10-6-8(13(15,16)17)7-19-12(10)18-5-1-2-11(21)20-9-3-4-9/h6-7,9H,1-5H2,(H,18,19)(H,20,21). The zero-order valence-corrected chi connectivity index (χ0v) is 11.9. The van der Waals surface area contributed by atoms with Gasteiger partial charge in [0.05, 0.1) is 10.6 Å². The minimum absolute atomic E-state index is 0.00854. The van der Waals surface area contributed by atoms with Gasteiger partial charge in [-0.3, -0.25) is 4.79 Å². The summed E-state index contributed by atoms with van der Waals surface area (Å²) in [6.07, 6.45) is -0.742. The highest BCUT2D eigenvalue weighted by Gasteiger charge is 2.31. The predicted molar refractivity (Wildman–Crippen MR) is 73.1 cm³/mol. The van der Waals surface area contributed by atoms with E-state index < -0.39 is 11.7 Å². The number of carbonyl (C=O) groups excluding carboxylic acids is 1. The van der Waals surface area contributed by atoms with E-state index in [1.54, 1.807) is 0 Å². The summed E-state index contributed by atoms with van der Waals surface area (Å²) in [5.74, 6) is 0.179. The maximum Gasteiger partial charge on any atom is 0.417 e. The Morgan fingerprint density at radius 3 is 2.71 bits per heavy atom. The highest BCUT2D eigenvalue weighted by Crippen LogP contribution is 2.32. The molecule has 1 saturated carbocycles. The Morgan fingerprint density at radius 1 is 1.43 bits per heavy atom. The normalized spacial score (nSPS) is 14.9. The maximum atomic E-state index is 12.4. The number of carbonyl (C=O) groups is 1. The SMILES string of the molecule is O=C(CCCNc1ncc(C(F)(F)F)cc1Cl)NC1CC1. The van der Waals surface area contributed by atoms with Crippen molar-refractivity contribution in [3.8, 4) is 0 Å². The maximum absolute atomic E-state index is 12.4. The summed E-state index contributed by atoms with van der Waals surface area (Å²) in [7, 11) is 0. The number of pyridine rings is 1. The minimum atomic E-state index is -4.46. The summed E-state index contributed by atoms with van der Waals surface area (Å²) in [4.78, 5) is 15.1. The first-order chi connectivity index (χ1) is 9.86. The number of nitrogens with zero attached hydrogens (tertiary/aromatic N) is 1. The zero-order chi connectivity index (χ0) is 15.5. The molecule has 1 amide bonds. The number of anilines is 1. The van der Waals surface area contributed by atoms with Crippen LogP contribution in [0.2, 0.25) is 5.02 Å². The molecule has 1 aromatic heterocycles. The average Bonchev–Trinajstić information content (AvgIpc) is 3.18. The number of aromatic nitrogens is 1. The lowest BCUT2D eigenvalue weighted by Crippen LogP contribution is -2.25. The van der Waals surface area contributed by atoms with Gasteiger partial charge in [0, 0.05) is 25.2 Å². The molecule has 0 unspecified atom stereocenters. The van der Waals surface area contributed by atoms with Gasteiger partial charge in [0.2, 0.25) is 5.91 Å². The summed E-state index contributed by atoms with van der Waals surface area (Å²) >= 11 is 5.75. The molecule has 116 valence electrons. The molecule has 4 nitrogen and oxygen atoms in total. The highest BCUT2D eigenvalue weighted by molar-refractivity contribution is 6.32. The van der Waals surface area contributed by atoms with E-state index in [9.17, 15) is 18.0 Å². The first kappa shape index (κ1) is 15.9. The second kappa shape index (κ2) is 6.51. The van der Waals surface area contributed by atoms with Gasteiger partial charge in [0.1, 0.15) is 5.82 Å². The van der Waals surface area contributed by atoms with Crippen molar-refractivity contribution in [2.75, 3.05) is 11.9 Å². The van der Waals surface area contributed by atoms with Crippen molar-refractivity contribution in [2.24, 2.45) is 0 Å². The summed E-state index contributed by atoms with van der Waals surface area (Å²) in [6.45, 7) is 0.413. The van der Waals surface area contributed by atoms with E-state index in [4.69, 9.17) is 11.6 Å². The van der Waals surface area contributed by atoms with Crippen molar-refractivity contribution in [3.05, 3.63) is 22.8 Å². The Kier molecular flexibility index (Phi) is 4.92. The van der Waals surface area contributed by atoms with E-state index in [1.807, 2.05) is 0 Å². The fourth-order valence-electron chi connectivity index (χ4n) is 1.71. The van der Waals surface area contributed by atoms with Crippen LogP contribution in [0.5, 0.6) is 0 Å². The molecule has 2 rings (SSSR count). The molecule has 0 radical (unpaired) electrons. The van der Waals surface area contributed by atoms with Crippen LogP contribution in [0.4, 0.5) is 19.0 Å². The van der Waals surface area contributed by atoms with E-state index in [0.29, 0.717) is 25.4 Å². The third kappa shape index (κ3) is 5.08. The van der Waals surface area contributed by atoms with Crippen LogP contribution in [0.25, 0.3) is 0 Å². The average molecular weight is 322 g/mol. The molecule has 2 N–H and O–H groups in total. The monoisotopic (exact) mass is 321 g/mol. The molecule has 1 aromatic rings. The molecule has 8 heteroatoms. The number of hydrogen-bond donors (Lipinski definition) is 2. The molecule has 0 saturated heterocycles. The number of hydrogen-bond acceptors (Lipinski definition) is 3. The van der Waals surface area contributed by atoms with Crippen LogP contribution in [-0.2, 0) is 11.0 Å². The van der Waals surface area contributed by atoms with Crippen LogP contribution in [0.15, 0.2) is 12.3 Å². The van der Waals surface area contributed by atoms with Crippen molar-refractivity contribution in [3.63, 3.8) is 0 Å². The first-order valence-corrected chi connectivity index (χ1v) is 7.00. The molecule has 0 spiro atoms. The molecule has 21 heavy (non-hydrogen) atoms. The summed E-state index contributed by atoms with van der Waals surface area (Å²) in [5.41, 5.74) is -0.887. The molecule has 0 atom stereocenters. The molecule has 1 aliphatic rings. The second-order valence-corrected chi connectivity index (χ2v) is 5.33. The lowest BCUT2D eigenvalue weighted by molar-refractivity contribution is -0.137. The highest BCUT2D eigenvalue weighted by atomic mass is 35.5. The second-order valence-electron chi connectivity index (χ2n) is 4.92. The van der Waals surface area contributed by atoms with Gasteiger partial charge in [-0.1, -0.05) is 11.6 Å². The van der Waals surface area contributed by atoms with Crippen LogP contribution in [-0.4, -0.2) is 23.5 Å². The molecule has 0 bridgehead atoms. The van der Waals surface area contributed by atoms with Crippen LogP contribution in [0, 0.1) is 0 Å². The Labute approximate surface area is 125 Å². The third-order valence-corrected chi connectivity index (χ3v) is 3.27. The largest absolute Gasteiger partial charge is 0.417 e. The van der Waals surface area contributed by atoms with Gasteiger partial charge in [0.25, 0.3) is 0 Å². The van der Waals surface area contributed by atoms with Crippen molar-refractivity contribution < 1.29 is 18.0 Å². The van der Waals surface area contributed by atoms with E-state index in [0.717, 1.165) is 25.1 Å². The van der Waals surface area contributed by atoms with Crippen molar-refractivity contribution >= 4 is 23.3 Å². The number of nitrogens with one attached hydrogen (secondary N) is 2. The summed E-state index contributed by atoms with van der Waals surface area (Å²) < 4.78 is 37.3. The Hall–Kier alpha value is -1.50. The van der Waals surface area contributed by atoms with Gasteiger partial charge in [-0.2, -0.15) is 13.2 Å². The Bertz CT molecular complexity index is 518.